The summed E-state index contributed by atoms with van der Waals surface area (Å²) in [6.07, 6.45) is 5.18. The lowest BCUT2D eigenvalue weighted by atomic mass is 10.0. The highest BCUT2D eigenvalue weighted by Gasteiger charge is 2.26. The number of hydrogen-bond acceptors (Lipinski definition) is 4. The first-order chi connectivity index (χ1) is 17.1. The van der Waals surface area contributed by atoms with Crippen LogP contribution in [0, 0.1) is 0 Å². The summed E-state index contributed by atoms with van der Waals surface area (Å²) in [6, 6.07) is 21.2. The SMILES string of the molecule is CCCCCn1c(=O)nc(N(Cc2ccc3ccccc3c2)C2CCNCC2)c2cc(Cl)ccc21. The van der Waals surface area contributed by atoms with Gasteiger partial charge in [0, 0.05) is 29.5 Å². The van der Waals surface area contributed by atoms with Crippen LogP contribution in [0.15, 0.2) is 65.5 Å². The number of anilines is 1. The Kier molecular flexibility index (Phi) is 7.35. The van der Waals surface area contributed by atoms with Crippen LogP contribution in [0.4, 0.5) is 5.82 Å². The van der Waals surface area contributed by atoms with E-state index in [2.05, 4.69) is 59.6 Å². The van der Waals surface area contributed by atoms with Gasteiger partial charge in [0.05, 0.1) is 5.52 Å². The number of rotatable bonds is 8. The number of benzene rings is 3. The number of piperidine rings is 1. The zero-order valence-corrected chi connectivity index (χ0v) is 21.1. The molecule has 0 bridgehead atoms. The van der Waals surface area contributed by atoms with Gasteiger partial charge >= 0.3 is 5.69 Å². The largest absolute Gasteiger partial charge is 0.350 e. The average Bonchev–Trinajstić information content (AvgIpc) is 2.89. The molecule has 1 aliphatic rings. The number of halogens is 1. The molecule has 0 unspecified atom stereocenters. The van der Waals surface area contributed by atoms with E-state index in [1.54, 1.807) is 0 Å². The summed E-state index contributed by atoms with van der Waals surface area (Å²) in [5.41, 5.74) is 1.95. The van der Waals surface area contributed by atoms with Crippen molar-refractivity contribution in [3.63, 3.8) is 0 Å². The molecule has 4 aromatic rings. The van der Waals surface area contributed by atoms with Crippen LogP contribution in [-0.2, 0) is 13.1 Å². The van der Waals surface area contributed by atoms with Gasteiger partial charge in [-0.3, -0.25) is 4.57 Å². The van der Waals surface area contributed by atoms with E-state index >= 15 is 0 Å². The van der Waals surface area contributed by atoms with E-state index in [4.69, 9.17) is 16.6 Å². The van der Waals surface area contributed by atoms with Gasteiger partial charge in [0.25, 0.3) is 0 Å². The number of aromatic nitrogens is 2. The van der Waals surface area contributed by atoms with Crippen molar-refractivity contribution >= 4 is 39.1 Å². The topological polar surface area (TPSA) is 50.2 Å². The molecule has 0 saturated carbocycles. The van der Waals surface area contributed by atoms with Crippen molar-refractivity contribution in [2.24, 2.45) is 0 Å². The van der Waals surface area contributed by atoms with Gasteiger partial charge in [0.2, 0.25) is 0 Å². The second-order valence-electron chi connectivity index (χ2n) is 9.53. The van der Waals surface area contributed by atoms with Crippen LogP contribution in [0.25, 0.3) is 21.7 Å². The van der Waals surface area contributed by atoms with Crippen LogP contribution >= 0.6 is 11.6 Å². The third-order valence-electron chi connectivity index (χ3n) is 7.10. The maximum absolute atomic E-state index is 13.3. The molecule has 1 aliphatic heterocycles. The fraction of sp³-hybridized carbons (Fsp3) is 0.379. The van der Waals surface area contributed by atoms with Gasteiger partial charge < -0.3 is 10.2 Å². The van der Waals surface area contributed by atoms with E-state index < -0.39 is 0 Å². The van der Waals surface area contributed by atoms with Crippen molar-refractivity contribution in [2.45, 2.75) is 58.2 Å². The molecule has 1 saturated heterocycles. The maximum Gasteiger partial charge on any atom is 0.350 e. The molecule has 2 heterocycles. The van der Waals surface area contributed by atoms with Gasteiger partial charge in [-0.15, -0.1) is 0 Å². The molecule has 0 radical (unpaired) electrons. The summed E-state index contributed by atoms with van der Waals surface area (Å²) in [5, 5.41) is 7.54. The number of nitrogens with zero attached hydrogens (tertiary/aromatic N) is 3. The normalized spacial score (nSPS) is 14.6. The highest BCUT2D eigenvalue weighted by molar-refractivity contribution is 6.31. The first-order valence-corrected chi connectivity index (χ1v) is 13.2. The average molecular weight is 489 g/mol. The molecule has 6 heteroatoms. The second kappa shape index (κ2) is 10.8. The first-order valence-electron chi connectivity index (χ1n) is 12.8. The summed E-state index contributed by atoms with van der Waals surface area (Å²) in [4.78, 5) is 20.4. The Bertz CT molecular complexity index is 1380. The third-order valence-corrected chi connectivity index (χ3v) is 7.33. The van der Waals surface area contributed by atoms with Crippen LogP contribution in [0.5, 0.6) is 0 Å². The molecule has 3 aromatic carbocycles. The Balaban J connectivity index is 1.61. The molecule has 0 atom stereocenters. The number of nitrogens with one attached hydrogen (secondary N) is 1. The summed E-state index contributed by atoms with van der Waals surface area (Å²) >= 11 is 6.48. The van der Waals surface area contributed by atoms with Crippen molar-refractivity contribution in [3.8, 4) is 0 Å². The smallest absolute Gasteiger partial charge is 0.348 e. The Hall–Kier alpha value is -2.89. The number of unbranched alkanes of at least 4 members (excludes halogenated alkanes) is 2. The Morgan fingerprint density at radius 1 is 1.03 bits per heavy atom. The minimum Gasteiger partial charge on any atom is -0.348 e. The van der Waals surface area contributed by atoms with Crippen LogP contribution in [-0.4, -0.2) is 28.7 Å². The fourth-order valence-electron chi connectivity index (χ4n) is 5.22. The monoisotopic (exact) mass is 488 g/mol. The zero-order chi connectivity index (χ0) is 24.2. The molecular weight excluding hydrogens is 456 g/mol. The van der Waals surface area contributed by atoms with Crippen LogP contribution in [0.1, 0.15) is 44.6 Å². The number of aryl methyl sites for hydroxylation is 1. The van der Waals surface area contributed by atoms with E-state index in [1.165, 1.54) is 16.3 Å². The van der Waals surface area contributed by atoms with Gasteiger partial charge in [-0.1, -0.05) is 67.8 Å². The molecule has 0 aliphatic carbocycles. The fourth-order valence-corrected chi connectivity index (χ4v) is 5.39. The molecule has 1 aromatic heterocycles. The van der Waals surface area contributed by atoms with Crippen LogP contribution in [0.3, 0.4) is 0 Å². The minimum absolute atomic E-state index is 0.177. The molecule has 0 amide bonds. The van der Waals surface area contributed by atoms with E-state index in [-0.39, 0.29) is 5.69 Å². The molecular formula is C29H33ClN4O. The highest BCUT2D eigenvalue weighted by atomic mass is 35.5. The maximum atomic E-state index is 13.3. The van der Waals surface area contributed by atoms with E-state index in [1.807, 2.05) is 22.8 Å². The summed E-state index contributed by atoms with van der Waals surface area (Å²) in [5.74, 6) is 0.749. The van der Waals surface area contributed by atoms with Gasteiger partial charge in [-0.05, 0) is 73.0 Å². The Morgan fingerprint density at radius 2 is 1.83 bits per heavy atom. The molecule has 1 N–H and O–H groups in total. The Labute approximate surface area is 211 Å². The van der Waals surface area contributed by atoms with E-state index in [9.17, 15) is 4.79 Å². The quantitative estimate of drug-likeness (QED) is 0.302. The molecule has 35 heavy (non-hydrogen) atoms. The molecule has 5 rings (SSSR count). The van der Waals surface area contributed by atoms with E-state index in [0.29, 0.717) is 24.2 Å². The standard InChI is InChI=1S/C29H33ClN4O/c1-2-3-6-17-33-27-12-11-24(30)19-26(27)28(32-29(33)35)34(25-13-15-31-16-14-25)20-21-9-10-22-7-4-5-8-23(22)18-21/h4-5,7-12,18-19,25,31H,2-3,6,13-17,20H2,1H3. The first kappa shape index (κ1) is 23.8. The van der Waals surface area contributed by atoms with Crippen LogP contribution < -0.4 is 15.9 Å². The highest BCUT2D eigenvalue weighted by Crippen LogP contribution is 2.31. The van der Waals surface area contributed by atoms with Gasteiger partial charge in [-0.2, -0.15) is 4.98 Å². The van der Waals surface area contributed by atoms with Crippen molar-refractivity contribution in [2.75, 3.05) is 18.0 Å². The summed E-state index contributed by atoms with van der Waals surface area (Å²) in [7, 11) is 0. The third kappa shape index (κ3) is 5.21. The van der Waals surface area contributed by atoms with Gasteiger partial charge in [0.1, 0.15) is 5.82 Å². The predicted molar refractivity (Wildman–Crippen MR) is 147 cm³/mol. The lowest BCUT2D eigenvalue weighted by Gasteiger charge is -2.36. The van der Waals surface area contributed by atoms with Crippen molar-refractivity contribution < 1.29 is 0 Å². The lowest BCUT2D eigenvalue weighted by Crippen LogP contribution is -2.44. The van der Waals surface area contributed by atoms with Gasteiger partial charge in [0.15, 0.2) is 0 Å². The lowest BCUT2D eigenvalue weighted by molar-refractivity contribution is 0.426. The summed E-state index contributed by atoms with van der Waals surface area (Å²) < 4.78 is 1.82. The summed E-state index contributed by atoms with van der Waals surface area (Å²) in [6.45, 7) is 5.47. The van der Waals surface area contributed by atoms with Crippen LogP contribution in [0.2, 0.25) is 5.02 Å². The minimum atomic E-state index is -0.177. The van der Waals surface area contributed by atoms with Crippen molar-refractivity contribution in [1.82, 2.24) is 14.9 Å². The Morgan fingerprint density at radius 3 is 2.63 bits per heavy atom. The van der Waals surface area contributed by atoms with Crippen molar-refractivity contribution in [1.29, 1.82) is 0 Å². The van der Waals surface area contributed by atoms with E-state index in [0.717, 1.165) is 61.9 Å². The zero-order valence-electron chi connectivity index (χ0n) is 20.3. The van der Waals surface area contributed by atoms with Crippen molar-refractivity contribution in [3.05, 3.63) is 81.7 Å². The second-order valence-corrected chi connectivity index (χ2v) is 9.97. The molecule has 1 fully saturated rings. The molecule has 5 nitrogen and oxygen atoms in total. The number of fused-ring (bicyclic) bond motifs is 2. The van der Waals surface area contributed by atoms with Gasteiger partial charge in [-0.25, -0.2) is 4.79 Å². The molecule has 0 spiro atoms. The predicted octanol–water partition coefficient (Wildman–Crippen LogP) is 6.15. The number of hydrogen-bond donors (Lipinski definition) is 1. The molecule has 182 valence electrons.